The van der Waals surface area contributed by atoms with Gasteiger partial charge in [-0.1, -0.05) is 54.9 Å². The van der Waals surface area contributed by atoms with Crippen LogP contribution in [-0.2, 0) is 21.2 Å². The molecule has 7 nitrogen and oxygen atoms in total. The Hall–Kier alpha value is -1.87. The van der Waals surface area contributed by atoms with Crippen molar-refractivity contribution in [2.75, 3.05) is 17.3 Å². The predicted molar refractivity (Wildman–Crippen MR) is 124 cm³/mol. The van der Waals surface area contributed by atoms with Gasteiger partial charge in [0.05, 0.1) is 23.8 Å². The molecule has 1 atom stereocenters. The zero-order valence-corrected chi connectivity index (χ0v) is 19.9. The Balaban J connectivity index is 1.32. The summed E-state index contributed by atoms with van der Waals surface area (Å²) in [6.07, 6.45) is 7.01. The van der Waals surface area contributed by atoms with E-state index in [1.807, 2.05) is 23.1 Å². The first-order valence-corrected chi connectivity index (χ1v) is 14.4. The predicted octanol–water partition coefficient (Wildman–Crippen LogP) is 3.25. The Morgan fingerprint density at radius 3 is 2.44 bits per heavy atom. The van der Waals surface area contributed by atoms with Gasteiger partial charge in [-0.3, -0.25) is 4.79 Å². The van der Waals surface area contributed by atoms with Gasteiger partial charge in [-0.05, 0) is 37.7 Å². The highest BCUT2D eigenvalue weighted by Gasteiger charge is 2.39. The summed E-state index contributed by atoms with van der Waals surface area (Å²) < 4.78 is 26.3. The van der Waals surface area contributed by atoms with E-state index in [-0.39, 0.29) is 35.2 Å². The van der Waals surface area contributed by atoms with Crippen LogP contribution in [0.2, 0.25) is 0 Å². The molecular formula is C23H30N4O3S2. The van der Waals surface area contributed by atoms with Crippen molar-refractivity contribution in [2.24, 2.45) is 0 Å². The third-order valence-electron chi connectivity index (χ3n) is 6.80. The minimum atomic E-state index is -3.04. The zero-order valence-electron chi connectivity index (χ0n) is 18.2. The van der Waals surface area contributed by atoms with Gasteiger partial charge in [-0.15, -0.1) is 10.2 Å². The van der Waals surface area contributed by atoms with Gasteiger partial charge in [-0.25, -0.2) is 8.42 Å². The third kappa shape index (κ3) is 4.88. The van der Waals surface area contributed by atoms with Crippen LogP contribution >= 0.6 is 11.8 Å². The molecule has 172 valence electrons. The van der Waals surface area contributed by atoms with Crippen LogP contribution in [0.5, 0.6) is 0 Å². The molecule has 3 fully saturated rings. The fourth-order valence-corrected chi connectivity index (χ4v) is 7.57. The number of thioether (sulfide) groups is 1. The van der Waals surface area contributed by atoms with Crippen molar-refractivity contribution in [1.29, 1.82) is 0 Å². The highest BCUT2D eigenvalue weighted by molar-refractivity contribution is 7.99. The zero-order chi connectivity index (χ0) is 22.1. The molecule has 5 rings (SSSR count). The van der Waals surface area contributed by atoms with E-state index in [9.17, 15) is 13.2 Å². The van der Waals surface area contributed by atoms with Gasteiger partial charge in [-0.2, -0.15) is 0 Å². The molecule has 2 saturated carbocycles. The lowest BCUT2D eigenvalue weighted by Gasteiger charge is -2.34. The van der Waals surface area contributed by atoms with Crippen LogP contribution in [0, 0.1) is 0 Å². The number of rotatable bonds is 8. The number of sulfone groups is 1. The standard InChI is InChI=1S/C23H30N4O3S2/c28-21(27(19-8-4-5-9-19)20-12-13-32(29,30)16-20)15-31-23-25-24-22(18-10-11-18)26(23)14-17-6-2-1-3-7-17/h1-3,6-7,18-20H,4-5,8-16H2/t20-/m0/s1. The van der Waals surface area contributed by atoms with Gasteiger partial charge in [0.15, 0.2) is 15.0 Å². The molecule has 2 aliphatic carbocycles. The lowest BCUT2D eigenvalue weighted by molar-refractivity contribution is -0.132. The molecule has 32 heavy (non-hydrogen) atoms. The summed E-state index contributed by atoms with van der Waals surface area (Å²) in [4.78, 5) is 15.3. The lowest BCUT2D eigenvalue weighted by Crippen LogP contribution is -2.47. The molecule has 9 heteroatoms. The minimum Gasteiger partial charge on any atom is -0.335 e. The van der Waals surface area contributed by atoms with Crippen molar-refractivity contribution < 1.29 is 13.2 Å². The Kier molecular flexibility index (Phi) is 6.29. The number of carbonyl (C=O) groups excluding carboxylic acids is 1. The van der Waals surface area contributed by atoms with E-state index in [0.29, 0.717) is 18.9 Å². The average molecular weight is 475 g/mol. The van der Waals surface area contributed by atoms with Gasteiger partial charge in [0.25, 0.3) is 0 Å². The van der Waals surface area contributed by atoms with Crippen LogP contribution < -0.4 is 0 Å². The van der Waals surface area contributed by atoms with Crippen molar-refractivity contribution in [3.8, 4) is 0 Å². The van der Waals surface area contributed by atoms with Crippen LogP contribution in [0.15, 0.2) is 35.5 Å². The topological polar surface area (TPSA) is 85.2 Å². The molecule has 0 bridgehead atoms. The molecule has 0 radical (unpaired) electrons. The second-order valence-corrected chi connectivity index (χ2v) is 12.4. The smallest absolute Gasteiger partial charge is 0.233 e. The van der Waals surface area contributed by atoms with Gasteiger partial charge < -0.3 is 9.47 Å². The molecule has 1 aliphatic heterocycles. The maximum absolute atomic E-state index is 13.4. The Morgan fingerprint density at radius 2 is 1.78 bits per heavy atom. The van der Waals surface area contributed by atoms with E-state index in [0.717, 1.165) is 49.5 Å². The first kappa shape index (κ1) is 21.9. The average Bonchev–Trinajstić information content (AvgIpc) is 3.16. The molecule has 1 aromatic heterocycles. The van der Waals surface area contributed by atoms with Crippen molar-refractivity contribution in [3.63, 3.8) is 0 Å². The number of benzene rings is 1. The van der Waals surface area contributed by atoms with E-state index in [1.165, 1.54) is 17.3 Å². The summed E-state index contributed by atoms with van der Waals surface area (Å²) in [5.74, 6) is 2.08. The van der Waals surface area contributed by atoms with E-state index in [4.69, 9.17) is 0 Å². The summed E-state index contributed by atoms with van der Waals surface area (Å²) in [6, 6.07) is 10.2. The summed E-state index contributed by atoms with van der Waals surface area (Å²) in [7, 11) is -3.04. The minimum absolute atomic E-state index is 0.0335. The van der Waals surface area contributed by atoms with Gasteiger partial charge >= 0.3 is 0 Å². The molecule has 0 N–H and O–H groups in total. The fourth-order valence-electron chi connectivity index (χ4n) is 5.05. The first-order valence-electron chi connectivity index (χ1n) is 11.6. The van der Waals surface area contributed by atoms with E-state index in [2.05, 4.69) is 26.9 Å². The highest BCUT2D eigenvalue weighted by atomic mass is 32.2. The number of nitrogens with zero attached hydrogens (tertiary/aromatic N) is 4. The van der Waals surface area contributed by atoms with Crippen LogP contribution in [0.25, 0.3) is 0 Å². The molecule has 2 aromatic rings. The lowest BCUT2D eigenvalue weighted by atomic mass is 10.1. The number of aromatic nitrogens is 3. The molecule has 1 saturated heterocycles. The molecule has 0 spiro atoms. The van der Waals surface area contributed by atoms with Crippen LogP contribution in [-0.4, -0.2) is 63.3 Å². The Bertz CT molecular complexity index is 1060. The molecule has 0 unspecified atom stereocenters. The molecule has 1 amide bonds. The van der Waals surface area contributed by atoms with Gasteiger partial charge in [0, 0.05) is 18.0 Å². The monoisotopic (exact) mass is 474 g/mol. The van der Waals surface area contributed by atoms with Crippen LogP contribution in [0.1, 0.15) is 62.3 Å². The van der Waals surface area contributed by atoms with E-state index in [1.54, 1.807) is 0 Å². The van der Waals surface area contributed by atoms with Crippen molar-refractivity contribution in [3.05, 3.63) is 41.7 Å². The fraction of sp³-hybridized carbons (Fsp3) is 0.609. The normalized spacial score (nSPS) is 22.9. The highest BCUT2D eigenvalue weighted by Crippen LogP contribution is 2.40. The van der Waals surface area contributed by atoms with Crippen LogP contribution in [0.4, 0.5) is 0 Å². The molecular weight excluding hydrogens is 444 g/mol. The van der Waals surface area contributed by atoms with Crippen molar-refractivity contribution in [1.82, 2.24) is 19.7 Å². The summed E-state index contributed by atoms with van der Waals surface area (Å²) in [6.45, 7) is 0.698. The SMILES string of the molecule is O=C(CSc1nnc(C2CC2)n1Cc1ccccc1)N(C1CCCC1)[C@H]1CCS(=O)(=O)C1. The number of hydrogen-bond acceptors (Lipinski definition) is 6. The second-order valence-electron chi connectivity index (χ2n) is 9.27. The van der Waals surface area contributed by atoms with Gasteiger partial charge in [0.2, 0.25) is 5.91 Å². The third-order valence-corrected chi connectivity index (χ3v) is 9.51. The van der Waals surface area contributed by atoms with Crippen LogP contribution in [0.3, 0.4) is 0 Å². The van der Waals surface area contributed by atoms with Crippen molar-refractivity contribution in [2.45, 2.75) is 74.6 Å². The first-order chi connectivity index (χ1) is 15.5. The Labute approximate surface area is 193 Å². The number of hydrogen-bond donors (Lipinski definition) is 0. The maximum atomic E-state index is 13.4. The van der Waals surface area contributed by atoms with Crippen molar-refractivity contribution >= 4 is 27.5 Å². The Morgan fingerprint density at radius 1 is 1.03 bits per heavy atom. The summed E-state index contributed by atoms with van der Waals surface area (Å²) in [5.41, 5.74) is 1.19. The summed E-state index contributed by atoms with van der Waals surface area (Å²) in [5, 5.41) is 9.66. The summed E-state index contributed by atoms with van der Waals surface area (Å²) >= 11 is 1.43. The molecule has 3 aliphatic rings. The second kappa shape index (κ2) is 9.17. The van der Waals surface area contributed by atoms with E-state index < -0.39 is 9.84 Å². The molecule has 2 heterocycles. The largest absolute Gasteiger partial charge is 0.335 e. The quantitative estimate of drug-likeness (QED) is 0.546. The van der Waals surface area contributed by atoms with E-state index >= 15 is 0 Å². The molecule has 1 aromatic carbocycles. The maximum Gasteiger partial charge on any atom is 0.233 e. The van der Waals surface area contributed by atoms with Gasteiger partial charge in [0.1, 0.15) is 5.82 Å². The number of carbonyl (C=O) groups is 1. The number of amides is 1.